The summed E-state index contributed by atoms with van der Waals surface area (Å²) in [5.74, 6) is 0.592. The highest BCUT2D eigenvalue weighted by molar-refractivity contribution is 7.98. The van der Waals surface area contributed by atoms with Crippen LogP contribution in [0.2, 0.25) is 0 Å². The maximum Gasteiger partial charge on any atom is 0.0108 e. The molecule has 1 fully saturated rings. The Morgan fingerprint density at radius 3 is 2.40 bits per heavy atom. The van der Waals surface area contributed by atoms with E-state index in [1.165, 1.54) is 36.1 Å². The molecule has 0 radical (unpaired) electrons. The van der Waals surface area contributed by atoms with Crippen LogP contribution in [0.25, 0.3) is 0 Å². The summed E-state index contributed by atoms with van der Waals surface area (Å²) in [6.45, 7) is 0. The summed E-state index contributed by atoms with van der Waals surface area (Å²) in [4.78, 5) is 1.34. The molecule has 1 saturated carbocycles. The molecule has 2 unspecified atom stereocenters. The number of benzene rings is 1. The lowest BCUT2D eigenvalue weighted by molar-refractivity contribution is 0.385. The van der Waals surface area contributed by atoms with Gasteiger partial charge in [0.2, 0.25) is 0 Å². The van der Waals surface area contributed by atoms with Gasteiger partial charge >= 0.3 is 0 Å². The van der Waals surface area contributed by atoms with Gasteiger partial charge in [0.15, 0.2) is 0 Å². The van der Waals surface area contributed by atoms with Crippen molar-refractivity contribution in [3.8, 4) is 0 Å². The lowest BCUT2D eigenvalue weighted by Crippen LogP contribution is -2.31. The van der Waals surface area contributed by atoms with Gasteiger partial charge in [-0.2, -0.15) is 0 Å². The summed E-state index contributed by atoms with van der Waals surface area (Å²) in [6, 6.07) is 9.30. The van der Waals surface area contributed by atoms with Crippen molar-refractivity contribution in [2.24, 2.45) is 5.73 Å². The number of rotatable bonds is 2. The quantitative estimate of drug-likeness (QED) is 0.775. The summed E-state index contributed by atoms with van der Waals surface area (Å²) in [5.41, 5.74) is 7.61. The van der Waals surface area contributed by atoms with Gasteiger partial charge in [0, 0.05) is 10.9 Å². The first-order valence-corrected chi connectivity index (χ1v) is 6.93. The molecule has 0 aliphatic heterocycles. The Balaban J connectivity index is 2.13. The molecule has 82 valence electrons. The van der Waals surface area contributed by atoms with Crippen molar-refractivity contribution >= 4 is 11.8 Å². The van der Waals surface area contributed by atoms with Crippen LogP contribution in [0.3, 0.4) is 0 Å². The van der Waals surface area contributed by atoms with Gasteiger partial charge in [0.25, 0.3) is 0 Å². The second kappa shape index (κ2) is 5.04. The second-order valence-electron chi connectivity index (χ2n) is 4.33. The monoisotopic (exact) mass is 221 g/mol. The Hall–Kier alpha value is -0.470. The third kappa shape index (κ3) is 2.56. The zero-order chi connectivity index (χ0) is 10.7. The number of nitrogens with two attached hydrogens (primary N) is 1. The lowest BCUT2D eigenvalue weighted by atomic mass is 9.80. The summed E-state index contributed by atoms with van der Waals surface area (Å²) < 4.78 is 0. The third-order valence-corrected chi connectivity index (χ3v) is 4.11. The van der Waals surface area contributed by atoms with E-state index in [0.717, 1.165) is 0 Å². The van der Waals surface area contributed by atoms with E-state index in [4.69, 9.17) is 5.73 Å². The van der Waals surface area contributed by atoms with Gasteiger partial charge < -0.3 is 5.73 Å². The Labute approximate surface area is 96.4 Å². The zero-order valence-electron chi connectivity index (χ0n) is 9.28. The molecule has 2 rings (SSSR count). The Morgan fingerprint density at radius 1 is 1.13 bits per heavy atom. The smallest absolute Gasteiger partial charge is 0.0108 e. The minimum Gasteiger partial charge on any atom is -0.327 e. The molecule has 1 aliphatic rings. The van der Waals surface area contributed by atoms with E-state index in [1.54, 1.807) is 11.8 Å². The minimum absolute atomic E-state index is 0.374. The van der Waals surface area contributed by atoms with Crippen molar-refractivity contribution in [3.63, 3.8) is 0 Å². The van der Waals surface area contributed by atoms with Gasteiger partial charge in [-0.05, 0) is 42.7 Å². The van der Waals surface area contributed by atoms with E-state index in [-0.39, 0.29) is 0 Å². The van der Waals surface area contributed by atoms with Crippen LogP contribution in [0.15, 0.2) is 29.2 Å². The van der Waals surface area contributed by atoms with Gasteiger partial charge in [-0.15, -0.1) is 11.8 Å². The molecule has 2 heteroatoms. The molecule has 0 spiro atoms. The summed E-state index contributed by atoms with van der Waals surface area (Å²) in [7, 11) is 0. The topological polar surface area (TPSA) is 26.0 Å². The maximum absolute atomic E-state index is 6.18. The fraction of sp³-hybridized carbons (Fsp3) is 0.538. The SMILES string of the molecule is CSc1ccc(C2CCCCC2N)cc1. The number of hydrogen-bond donors (Lipinski definition) is 1. The molecule has 2 atom stereocenters. The molecule has 0 aromatic heterocycles. The van der Waals surface area contributed by atoms with Crippen LogP contribution < -0.4 is 5.73 Å². The normalized spacial score (nSPS) is 26.5. The van der Waals surface area contributed by atoms with Crippen LogP contribution in [0.5, 0.6) is 0 Å². The molecule has 0 bridgehead atoms. The predicted octanol–water partition coefficient (Wildman–Crippen LogP) is 3.39. The van der Waals surface area contributed by atoms with E-state index in [9.17, 15) is 0 Å². The van der Waals surface area contributed by atoms with Gasteiger partial charge in [-0.1, -0.05) is 25.0 Å². The molecule has 1 aliphatic carbocycles. The molecular formula is C13H19NS. The average molecular weight is 221 g/mol. The highest BCUT2D eigenvalue weighted by atomic mass is 32.2. The summed E-state index contributed by atoms with van der Waals surface area (Å²) in [6.07, 6.45) is 7.21. The largest absolute Gasteiger partial charge is 0.327 e. The molecule has 15 heavy (non-hydrogen) atoms. The third-order valence-electron chi connectivity index (χ3n) is 3.36. The van der Waals surface area contributed by atoms with Crippen LogP contribution >= 0.6 is 11.8 Å². The summed E-state index contributed by atoms with van der Waals surface area (Å²) in [5, 5.41) is 0. The standard InChI is InChI=1S/C13H19NS/c1-15-11-8-6-10(7-9-11)12-4-2-3-5-13(12)14/h6-9,12-13H,2-5,14H2,1H3. The number of thioether (sulfide) groups is 1. The minimum atomic E-state index is 0.374. The fourth-order valence-corrected chi connectivity index (χ4v) is 2.83. The lowest BCUT2D eigenvalue weighted by Gasteiger charge is -2.28. The van der Waals surface area contributed by atoms with Gasteiger partial charge in [-0.3, -0.25) is 0 Å². The molecule has 0 saturated heterocycles. The highest BCUT2D eigenvalue weighted by Crippen LogP contribution is 2.32. The molecule has 0 amide bonds. The van der Waals surface area contributed by atoms with Crippen LogP contribution in [0.1, 0.15) is 37.2 Å². The van der Waals surface area contributed by atoms with Crippen molar-refractivity contribution in [1.82, 2.24) is 0 Å². The fourth-order valence-electron chi connectivity index (χ4n) is 2.42. The van der Waals surface area contributed by atoms with Crippen molar-refractivity contribution in [3.05, 3.63) is 29.8 Å². The van der Waals surface area contributed by atoms with Crippen LogP contribution in [0, 0.1) is 0 Å². The molecular weight excluding hydrogens is 202 g/mol. The van der Waals surface area contributed by atoms with Crippen LogP contribution in [-0.4, -0.2) is 12.3 Å². The van der Waals surface area contributed by atoms with E-state index in [2.05, 4.69) is 30.5 Å². The van der Waals surface area contributed by atoms with E-state index in [1.807, 2.05) is 0 Å². The van der Waals surface area contributed by atoms with Gasteiger partial charge in [0.1, 0.15) is 0 Å². The molecule has 1 aromatic carbocycles. The van der Waals surface area contributed by atoms with Crippen molar-refractivity contribution < 1.29 is 0 Å². The molecule has 1 aromatic rings. The van der Waals surface area contributed by atoms with Crippen molar-refractivity contribution in [1.29, 1.82) is 0 Å². The van der Waals surface area contributed by atoms with Crippen molar-refractivity contribution in [2.75, 3.05) is 6.26 Å². The van der Waals surface area contributed by atoms with E-state index < -0.39 is 0 Å². The van der Waals surface area contributed by atoms with E-state index in [0.29, 0.717) is 12.0 Å². The van der Waals surface area contributed by atoms with Crippen LogP contribution in [0.4, 0.5) is 0 Å². The van der Waals surface area contributed by atoms with Gasteiger partial charge in [-0.25, -0.2) is 0 Å². The number of hydrogen-bond acceptors (Lipinski definition) is 2. The molecule has 2 N–H and O–H groups in total. The average Bonchev–Trinajstić information content (AvgIpc) is 2.30. The summed E-state index contributed by atoms with van der Waals surface area (Å²) >= 11 is 1.79. The highest BCUT2D eigenvalue weighted by Gasteiger charge is 2.22. The van der Waals surface area contributed by atoms with Gasteiger partial charge in [0.05, 0.1) is 0 Å². The van der Waals surface area contributed by atoms with Crippen LogP contribution in [-0.2, 0) is 0 Å². The predicted molar refractivity (Wildman–Crippen MR) is 67.4 cm³/mol. The maximum atomic E-state index is 6.18. The molecule has 1 nitrogen and oxygen atoms in total. The Kier molecular flexibility index (Phi) is 3.71. The van der Waals surface area contributed by atoms with E-state index >= 15 is 0 Å². The Morgan fingerprint density at radius 2 is 1.80 bits per heavy atom. The first-order valence-electron chi connectivity index (χ1n) is 5.71. The Bertz CT molecular complexity index is 307. The van der Waals surface area contributed by atoms with Crippen molar-refractivity contribution in [2.45, 2.75) is 42.5 Å². The zero-order valence-corrected chi connectivity index (χ0v) is 10.1. The molecule has 0 heterocycles. The first kappa shape index (κ1) is 11.0. The second-order valence-corrected chi connectivity index (χ2v) is 5.21. The first-order chi connectivity index (χ1) is 7.31.